The summed E-state index contributed by atoms with van der Waals surface area (Å²) in [6.45, 7) is 0.329. The molecule has 0 spiro atoms. The van der Waals surface area contributed by atoms with Crippen LogP contribution in [-0.2, 0) is 11.3 Å². The number of hydrogen-bond acceptors (Lipinski definition) is 6. The van der Waals surface area contributed by atoms with E-state index < -0.39 is 6.04 Å². The molecule has 1 aliphatic carbocycles. The van der Waals surface area contributed by atoms with Gasteiger partial charge in [-0.3, -0.25) is 9.59 Å². The molecule has 4 rings (SSSR count). The van der Waals surface area contributed by atoms with Gasteiger partial charge in [0.05, 0.1) is 17.7 Å². The standard InChI is InChI=1S/C25H25ClN4O4/c1-33-20-9-10-22(21(26)11-20)34-19-7-5-16(6-8-19)12-29-25(32)23(17-3-2-4-17)30-24(31)18-13-27-15-28-14-18/h5-11,13-15,17,23H,2-4,12H2,1H3,(H,29,32)(H,30,31)/t23-/m0/s1. The lowest BCUT2D eigenvalue weighted by molar-refractivity contribution is -0.125. The topological polar surface area (TPSA) is 102 Å². The number of aromatic nitrogens is 2. The second kappa shape index (κ2) is 11.0. The van der Waals surface area contributed by atoms with Gasteiger partial charge in [-0.15, -0.1) is 0 Å². The van der Waals surface area contributed by atoms with Crippen molar-refractivity contribution < 1.29 is 19.1 Å². The van der Waals surface area contributed by atoms with Crippen molar-refractivity contribution in [2.75, 3.05) is 7.11 Å². The van der Waals surface area contributed by atoms with Crippen molar-refractivity contribution in [1.82, 2.24) is 20.6 Å². The van der Waals surface area contributed by atoms with Crippen molar-refractivity contribution >= 4 is 23.4 Å². The fourth-order valence-electron chi connectivity index (χ4n) is 3.60. The second-order valence-corrected chi connectivity index (χ2v) is 8.44. The van der Waals surface area contributed by atoms with Crippen LogP contribution in [-0.4, -0.2) is 34.9 Å². The molecule has 9 heteroatoms. The summed E-state index contributed by atoms with van der Waals surface area (Å²) in [4.78, 5) is 33.2. The number of carbonyl (C=O) groups excluding carboxylic acids is 2. The number of benzene rings is 2. The molecule has 2 aromatic carbocycles. The molecule has 1 aliphatic rings. The van der Waals surface area contributed by atoms with Crippen molar-refractivity contribution in [2.45, 2.75) is 31.8 Å². The third-order valence-electron chi connectivity index (χ3n) is 5.77. The largest absolute Gasteiger partial charge is 0.497 e. The maximum absolute atomic E-state index is 12.9. The Hall–Kier alpha value is -3.65. The van der Waals surface area contributed by atoms with Crippen molar-refractivity contribution in [3.63, 3.8) is 0 Å². The number of nitrogens with zero attached hydrogens (tertiary/aromatic N) is 2. The predicted octanol–water partition coefficient (Wildman–Crippen LogP) is 4.15. The van der Waals surface area contributed by atoms with E-state index in [-0.39, 0.29) is 17.7 Å². The van der Waals surface area contributed by atoms with Gasteiger partial charge in [-0.1, -0.05) is 30.2 Å². The molecular formula is C25H25ClN4O4. The molecule has 0 unspecified atom stereocenters. The minimum absolute atomic E-state index is 0.124. The summed E-state index contributed by atoms with van der Waals surface area (Å²) in [7, 11) is 1.57. The number of carbonyl (C=O) groups is 2. The summed E-state index contributed by atoms with van der Waals surface area (Å²) in [5.74, 6) is 1.35. The first kappa shape index (κ1) is 23.5. The molecule has 0 aliphatic heterocycles. The fourth-order valence-corrected chi connectivity index (χ4v) is 3.81. The Balaban J connectivity index is 1.34. The SMILES string of the molecule is COc1ccc(Oc2ccc(CNC(=O)[C@@H](NC(=O)c3cncnc3)C3CCC3)cc2)c(Cl)c1. The monoisotopic (exact) mass is 480 g/mol. The average Bonchev–Trinajstić information content (AvgIpc) is 2.83. The van der Waals surface area contributed by atoms with Gasteiger partial charge in [0.2, 0.25) is 5.91 Å². The average molecular weight is 481 g/mol. The molecule has 0 saturated heterocycles. The van der Waals surface area contributed by atoms with Gasteiger partial charge >= 0.3 is 0 Å². The molecule has 34 heavy (non-hydrogen) atoms. The Morgan fingerprint density at radius 2 is 1.79 bits per heavy atom. The molecule has 2 amide bonds. The molecule has 1 heterocycles. The van der Waals surface area contributed by atoms with E-state index in [0.717, 1.165) is 24.8 Å². The minimum atomic E-state index is -0.596. The summed E-state index contributed by atoms with van der Waals surface area (Å²) in [6, 6.07) is 11.9. The van der Waals surface area contributed by atoms with Gasteiger partial charge in [0.25, 0.3) is 5.91 Å². The molecule has 8 nitrogen and oxygen atoms in total. The number of methoxy groups -OCH3 is 1. The second-order valence-electron chi connectivity index (χ2n) is 8.03. The van der Waals surface area contributed by atoms with Crippen LogP contribution in [0.3, 0.4) is 0 Å². The van der Waals surface area contributed by atoms with Crippen molar-refractivity contribution in [3.05, 3.63) is 77.3 Å². The molecule has 1 atom stereocenters. The lowest BCUT2D eigenvalue weighted by Crippen LogP contribution is -2.52. The quantitative estimate of drug-likeness (QED) is 0.477. The highest BCUT2D eigenvalue weighted by atomic mass is 35.5. The Labute approximate surface area is 202 Å². The van der Waals surface area contributed by atoms with Crippen molar-refractivity contribution in [2.24, 2.45) is 5.92 Å². The van der Waals surface area contributed by atoms with Crippen LogP contribution in [0.4, 0.5) is 0 Å². The summed E-state index contributed by atoms with van der Waals surface area (Å²) in [5, 5.41) is 6.23. The molecule has 1 fully saturated rings. The van der Waals surface area contributed by atoms with Crippen LogP contribution < -0.4 is 20.1 Å². The first-order valence-electron chi connectivity index (χ1n) is 11.0. The molecule has 1 saturated carbocycles. The molecule has 176 valence electrons. The minimum Gasteiger partial charge on any atom is -0.497 e. The van der Waals surface area contributed by atoms with Gasteiger partial charge in [0, 0.05) is 25.0 Å². The van der Waals surface area contributed by atoms with Crippen LogP contribution >= 0.6 is 11.6 Å². The van der Waals surface area contributed by atoms with E-state index in [0.29, 0.717) is 34.4 Å². The summed E-state index contributed by atoms with van der Waals surface area (Å²) in [5.41, 5.74) is 1.23. The Bertz CT molecular complexity index is 1140. The predicted molar refractivity (Wildman–Crippen MR) is 127 cm³/mol. The molecule has 0 radical (unpaired) electrons. The van der Waals surface area contributed by atoms with Crippen LogP contribution in [0.25, 0.3) is 0 Å². The number of halogens is 1. The molecule has 0 bridgehead atoms. The highest BCUT2D eigenvalue weighted by molar-refractivity contribution is 6.32. The zero-order valence-electron chi connectivity index (χ0n) is 18.7. The van der Waals surface area contributed by atoms with Gasteiger partial charge < -0.3 is 20.1 Å². The molecular weight excluding hydrogens is 456 g/mol. The number of nitrogens with one attached hydrogen (secondary N) is 2. The maximum Gasteiger partial charge on any atom is 0.255 e. The number of amides is 2. The maximum atomic E-state index is 12.9. The first-order valence-corrected chi connectivity index (χ1v) is 11.3. The third kappa shape index (κ3) is 5.82. The van der Waals surface area contributed by atoms with E-state index in [4.69, 9.17) is 21.1 Å². The smallest absolute Gasteiger partial charge is 0.255 e. The number of ether oxygens (including phenoxy) is 2. The lowest BCUT2D eigenvalue weighted by Gasteiger charge is -2.33. The highest BCUT2D eigenvalue weighted by Crippen LogP contribution is 2.32. The van der Waals surface area contributed by atoms with Gasteiger partial charge in [-0.2, -0.15) is 0 Å². The van der Waals surface area contributed by atoms with Crippen LogP contribution in [0.1, 0.15) is 35.2 Å². The third-order valence-corrected chi connectivity index (χ3v) is 6.07. The molecule has 1 aromatic heterocycles. The first-order chi connectivity index (χ1) is 16.5. The van der Waals surface area contributed by atoms with E-state index in [9.17, 15) is 9.59 Å². The van der Waals surface area contributed by atoms with Crippen LogP contribution in [0.2, 0.25) is 5.02 Å². The van der Waals surface area contributed by atoms with Gasteiger partial charge in [-0.05, 0) is 48.6 Å². The van der Waals surface area contributed by atoms with Gasteiger partial charge in [0.1, 0.15) is 29.6 Å². The zero-order valence-corrected chi connectivity index (χ0v) is 19.4. The van der Waals surface area contributed by atoms with E-state index >= 15 is 0 Å². The Morgan fingerprint density at radius 1 is 1.09 bits per heavy atom. The van der Waals surface area contributed by atoms with E-state index in [1.165, 1.54) is 18.7 Å². The van der Waals surface area contributed by atoms with Gasteiger partial charge in [-0.25, -0.2) is 9.97 Å². The number of rotatable bonds is 9. The van der Waals surface area contributed by atoms with Crippen molar-refractivity contribution in [1.29, 1.82) is 0 Å². The highest BCUT2D eigenvalue weighted by Gasteiger charge is 2.34. The van der Waals surface area contributed by atoms with Crippen LogP contribution in [0.15, 0.2) is 61.2 Å². The van der Waals surface area contributed by atoms with Gasteiger partial charge in [0.15, 0.2) is 0 Å². The Kier molecular flexibility index (Phi) is 7.59. The summed E-state index contributed by atoms with van der Waals surface area (Å²) < 4.78 is 11.0. The lowest BCUT2D eigenvalue weighted by atomic mass is 9.79. The fraction of sp³-hybridized carbons (Fsp3) is 0.280. The van der Waals surface area contributed by atoms with E-state index in [1.54, 1.807) is 25.3 Å². The molecule has 2 N–H and O–H groups in total. The van der Waals surface area contributed by atoms with E-state index in [2.05, 4.69) is 20.6 Å². The Morgan fingerprint density at radius 3 is 2.41 bits per heavy atom. The summed E-state index contributed by atoms with van der Waals surface area (Å²) in [6.07, 6.45) is 7.09. The number of hydrogen-bond donors (Lipinski definition) is 2. The van der Waals surface area contributed by atoms with Crippen LogP contribution in [0.5, 0.6) is 17.2 Å². The normalized spacial score (nSPS) is 13.9. The van der Waals surface area contributed by atoms with Crippen molar-refractivity contribution in [3.8, 4) is 17.2 Å². The van der Waals surface area contributed by atoms with E-state index in [1.807, 2.05) is 24.3 Å². The summed E-state index contributed by atoms with van der Waals surface area (Å²) >= 11 is 6.23. The zero-order chi connectivity index (χ0) is 23.9. The molecule has 3 aromatic rings. The van der Waals surface area contributed by atoms with Crippen LogP contribution in [0, 0.1) is 5.92 Å².